The lowest BCUT2D eigenvalue weighted by molar-refractivity contribution is -0.130. The van der Waals surface area contributed by atoms with Crippen LogP contribution >= 0.6 is 0 Å². The highest BCUT2D eigenvalue weighted by Crippen LogP contribution is 2.31. The van der Waals surface area contributed by atoms with Gasteiger partial charge in [-0.2, -0.15) is 5.26 Å². The minimum atomic E-state index is -0.801. The Labute approximate surface area is 117 Å². The Bertz CT molecular complexity index is 326. The minimum absolute atomic E-state index is 0.0298. The van der Waals surface area contributed by atoms with Gasteiger partial charge in [-0.05, 0) is 31.6 Å². The second-order valence-corrected chi connectivity index (χ2v) is 6.14. The van der Waals surface area contributed by atoms with Gasteiger partial charge in [-0.25, -0.2) is 0 Å². The summed E-state index contributed by atoms with van der Waals surface area (Å²) in [6, 6.07) is 2.58. The summed E-state index contributed by atoms with van der Waals surface area (Å²) >= 11 is 0. The quantitative estimate of drug-likeness (QED) is 0.793. The topological polar surface area (TPSA) is 52.9 Å². The molecular weight excluding hydrogens is 236 g/mol. The molecule has 0 aromatic carbocycles. The summed E-state index contributed by atoms with van der Waals surface area (Å²) in [4.78, 5) is 12.5. The molecule has 2 unspecified atom stereocenters. The summed E-state index contributed by atoms with van der Waals surface area (Å²) in [5.74, 6) is 0.658. The van der Waals surface area contributed by atoms with Crippen molar-refractivity contribution in [3.63, 3.8) is 0 Å². The van der Waals surface area contributed by atoms with E-state index in [0.717, 1.165) is 25.7 Å². The lowest BCUT2D eigenvalue weighted by atomic mass is 9.79. The smallest absolute Gasteiger partial charge is 0.240 e. The molecule has 3 heteroatoms. The molecule has 2 atom stereocenters. The summed E-state index contributed by atoms with van der Waals surface area (Å²) in [7, 11) is 0. The van der Waals surface area contributed by atoms with Crippen LogP contribution in [-0.2, 0) is 4.79 Å². The number of nitrogens with one attached hydrogen (secondary N) is 1. The van der Waals surface area contributed by atoms with Gasteiger partial charge in [0.15, 0.2) is 0 Å². The van der Waals surface area contributed by atoms with Crippen molar-refractivity contribution in [1.82, 2.24) is 5.32 Å². The van der Waals surface area contributed by atoms with Crippen LogP contribution in [0.15, 0.2) is 0 Å². The minimum Gasteiger partial charge on any atom is -0.352 e. The van der Waals surface area contributed by atoms with Gasteiger partial charge in [0.1, 0.15) is 5.41 Å². The molecule has 1 N–H and O–H groups in total. The van der Waals surface area contributed by atoms with E-state index in [2.05, 4.69) is 18.3 Å². The van der Waals surface area contributed by atoms with E-state index < -0.39 is 5.41 Å². The van der Waals surface area contributed by atoms with Crippen LogP contribution in [0.2, 0.25) is 0 Å². The number of hydrogen-bond acceptors (Lipinski definition) is 2. The van der Waals surface area contributed by atoms with Crippen LogP contribution in [0.1, 0.15) is 72.1 Å². The summed E-state index contributed by atoms with van der Waals surface area (Å²) in [5.41, 5.74) is -0.801. The molecule has 0 bridgehead atoms. The second kappa shape index (κ2) is 7.53. The van der Waals surface area contributed by atoms with Crippen molar-refractivity contribution in [1.29, 1.82) is 5.26 Å². The fraction of sp³-hybridized carbons (Fsp3) is 0.875. The van der Waals surface area contributed by atoms with Crippen molar-refractivity contribution >= 4 is 5.91 Å². The normalized spacial score (nSPS) is 23.7. The standard InChI is InChI=1S/C16H28N2O/c1-4-9-16(12-17,10-5-2)15(19)18-14-8-6-7-13(3)11-14/h13-14H,4-11H2,1-3H3,(H,18,19). The number of nitrogens with zero attached hydrogens (tertiary/aromatic N) is 1. The van der Waals surface area contributed by atoms with E-state index in [1.54, 1.807) is 0 Å². The Morgan fingerprint density at radius 1 is 1.32 bits per heavy atom. The molecule has 1 fully saturated rings. The molecule has 0 heterocycles. The summed E-state index contributed by atoms with van der Waals surface area (Å²) in [5, 5.41) is 12.6. The van der Waals surface area contributed by atoms with Gasteiger partial charge >= 0.3 is 0 Å². The largest absolute Gasteiger partial charge is 0.352 e. The van der Waals surface area contributed by atoms with Gasteiger partial charge in [-0.1, -0.05) is 46.5 Å². The molecule has 0 aliphatic heterocycles. The highest BCUT2D eigenvalue weighted by atomic mass is 16.2. The van der Waals surface area contributed by atoms with Gasteiger partial charge in [0.05, 0.1) is 6.07 Å². The molecule has 1 aliphatic carbocycles. The van der Waals surface area contributed by atoms with Gasteiger partial charge in [0.2, 0.25) is 5.91 Å². The number of carbonyl (C=O) groups is 1. The molecular formula is C16H28N2O. The van der Waals surface area contributed by atoms with Gasteiger partial charge in [0, 0.05) is 6.04 Å². The van der Waals surface area contributed by atoms with Crippen molar-refractivity contribution < 1.29 is 4.79 Å². The molecule has 0 aromatic heterocycles. The van der Waals surface area contributed by atoms with E-state index in [9.17, 15) is 10.1 Å². The zero-order valence-corrected chi connectivity index (χ0v) is 12.7. The predicted molar refractivity (Wildman–Crippen MR) is 77.4 cm³/mol. The summed E-state index contributed by atoms with van der Waals surface area (Å²) in [6.07, 6.45) is 7.68. The average Bonchev–Trinajstić information content (AvgIpc) is 2.38. The van der Waals surface area contributed by atoms with Gasteiger partial charge in [-0.3, -0.25) is 4.79 Å². The van der Waals surface area contributed by atoms with E-state index >= 15 is 0 Å². The number of carbonyl (C=O) groups excluding carboxylic acids is 1. The zero-order chi connectivity index (χ0) is 14.3. The van der Waals surface area contributed by atoms with Crippen LogP contribution < -0.4 is 5.32 Å². The van der Waals surface area contributed by atoms with Crippen LogP contribution in [0.25, 0.3) is 0 Å². The molecule has 0 aromatic rings. The fourth-order valence-corrected chi connectivity index (χ4v) is 3.26. The third kappa shape index (κ3) is 4.23. The SMILES string of the molecule is CCCC(C#N)(CCC)C(=O)NC1CCCC(C)C1. The maximum Gasteiger partial charge on any atom is 0.240 e. The Morgan fingerprint density at radius 2 is 1.95 bits per heavy atom. The highest BCUT2D eigenvalue weighted by molar-refractivity contribution is 5.85. The molecule has 1 rings (SSSR count). The molecule has 0 radical (unpaired) electrons. The third-order valence-electron chi connectivity index (χ3n) is 4.27. The molecule has 1 amide bonds. The predicted octanol–water partition coefficient (Wildman–Crippen LogP) is 3.79. The summed E-state index contributed by atoms with van der Waals surface area (Å²) < 4.78 is 0. The van der Waals surface area contributed by atoms with Crippen LogP contribution in [-0.4, -0.2) is 11.9 Å². The highest BCUT2D eigenvalue weighted by Gasteiger charge is 2.38. The molecule has 108 valence electrons. The van der Waals surface area contributed by atoms with Crippen LogP contribution in [0.5, 0.6) is 0 Å². The monoisotopic (exact) mass is 264 g/mol. The van der Waals surface area contributed by atoms with Gasteiger partial charge in [-0.15, -0.1) is 0 Å². The Hall–Kier alpha value is -1.04. The molecule has 19 heavy (non-hydrogen) atoms. The second-order valence-electron chi connectivity index (χ2n) is 6.14. The molecule has 3 nitrogen and oxygen atoms in total. The van der Waals surface area contributed by atoms with Crippen molar-refractivity contribution in [2.75, 3.05) is 0 Å². The summed E-state index contributed by atoms with van der Waals surface area (Å²) in [6.45, 7) is 6.32. The molecule has 1 saturated carbocycles. The average molecular weight is 264 g/mol. The number of hydrogen-bond donors (Lipinski definition) is 1. The van der Waals surface area contributed by atoms with Crippen LogP contribution in [0.4, 0.5) is 0 Å². The van der Waals surface area contributed by atoms with Crippen molar-refractivity contribution in [2.24, 2.45) is 11.3 Å². The Balaban J connectivity index is 2.68. The first-order chi connectivity index (χ1) is 9.07. The molecule has 0 spiro atoms. The Morgan fingerprint density at radius 3 is 2.42 bits per heavy atom. The Kier molecular flexibility index (Phi) is 6.34. The molecule has 1 aliphatic rings. The third-order valence-corrected chi connectivity index (χ3v) is 4.27. The van der Waals surface area contributed by atoms with E-state index in [-0.39, 0.29) is 11.9 Å². The zero-order valence-electron chi connectivity index (χ0n) is 12.7. The van der Waals surface area contributed by atoms with E-state index in [0.29, 0.717) is 18.8 Å². The first-order valence-corrected chi connectivity index (χ1v) is 7.80. The van der Waals surface area contributed by atoms with E-state index in [1.807, 2.05) is 13.8 Å². The van der Waals surface area contributed by atoms with Crippen molar-refractivity contribution in [3.05, 3.63) is 0 Å². The maximum atomic E-state index is 12.5. The van der Waals surface area contributed by atoms with E-state index in [1.165, 1.54) is 12.8 Å². The number of amides is 1. The first kappa shape index (κ1) is 16.0. The maximum absolute atomic E-state index is 12.5. The van der Waals surface area contributed by atoms with Crippen molar-refractivity contribution in [2.45, 2.75) is 78.2 Å². The van der Waals surface area contributed by atoms with Gasteiger partial charge in [0.25, 0.3) is 0 Å². The van der Waals surface area contributed by atoms with Gasteiger partial charge < -0.3 is 5.32 Å². The molecule has 0 saturated heterocycles. The van der Waals surface area contributed by atoms with Crippen LogP contribution in [0.3, 0.4) is 0 Å². The fourth-order valence-electron chi connectivity index (χ4n) is 3.26. The van der Waals surface area contributed by atoms with Crippen LogP contribution in [0, 0.1) is 22.7 Å². The lowest BCUT2D eigenvalue weighted by Crippen LogP contribution is -2.46. The first-order valence-electron chi connectivity index (χ1n) is 7.80. The number of nitriles is 1. The van der Waals surface area contributed by atoms with E-state index in [4.69, 9.17) is 0 Å². The lowest BCUT2D eigenvalue weighted by Gasteiger charge is -2.31. The van der Waals surface area contributed by atoms with Crippen molar-refractivity contribution in [3.8, 4) is 6.07 Å². The number of rotatable bonds is 6.